The van der Waals surface area contributed by atoms with Gasteiger partial charge in [0.1, 0.15) is 0 Å². The van der Waals surface area contributed by atoms with E-state index in [4.69, 9.17) is 15.4 Å². The molecule has 0 aromatic carbocycles. The van der Waals surface area contributed by atoms with E-state index in [0.29, 0.717) is 0 Å². The van der Waals surface area contributed by atoms with Gasteiger partial charge in [0.25, 0.3) is 0 Å². The van der Waals surface area contributed by atoms with Crippen molar-refractivity contribution in [2.75, 3.05) is 0 Å². The second-order valence-corrected chi connectivity index (χ2v) is 0.305. The molecule has 0 atom stereocenters. The molecule has 0 unspecified atom stereocenters. The van der Waals surface area contributed by atoms with Crippen molar-refractivity contribution in [2.24, 2.45) is 0 Å². The average molecular weight is 219 g/mol. The van der Waals surface area contributed by atoms with E-state index in [1.807, 2.05) is 0 Å². The Balaban J connectivity index is 0. The van der Waals surface area contributed by atoms with Crippen LogP contribution in [-0.2, 0) is 4.99 Å². The third-order valence-electron chi connectivity index (χ3n) is 0.0667. The van der Waals surface area contributed by atoms with Crippen molar-refractivity contribution in [3.8, 4) is 0 Å². The minimum atomic E-state index is -1.32. The Labute approximate surface area is 66.7 Å². The minimum Gasteiger partial charge on any atom is -0.214 e. The Morgan fingerprint density at radius 2 is 2.00 bits per heavy atom. The molecule has 1 radical (unpaired) electrons. The summed E-state index contributed by atoms with van der Waals surface area (Å²) >= 11 is 0. The molecule has 6 heteroatoms. The van der Waals surface area contributed by atoms with Gasteiger partial charge in [-0.1, -0.05) is 0 Å². The molecule has 6 heavy (non-hydrogen) atoms. The summed E-state index contributed by atoms with van der Waals surface area (Å²) in [6.45, 7) is 0. The maximum Gasteiger partial charge on any atom is 3.00 e. The Kier molecular flexibility index (Phi) is 8.98. The van der Waals surface area contributed by atoms with Gasteiger partial charge >= 0.3 is 46.8 Å². The van der Waals surface area contributed by atoms with E-state index in [1.54, 1.807) is 0 Å². The average Bonchev–Trinajstić information content (AvgIpc) is 1.38. The molecule has 0 saturated heterocycles. The molecule has 5 nitrogen and oxygen atoms in total. The molecule has 31 valence electrons. The van der Waals surface area contributed by atoms with Crippen LogP contribution in [0.2, 0.25) is 0 Å². The summed E-state index contributed by atoms with van der Waals surface area (Å²) in [5, 5.41) is 14.3. The van der Waals surface area contributed by atoms with Crippen molar-refractivity contribution < 1.29 is 57.1 Å². The molecule has 0 aliphatic heterocycles. The molecular formula is HCeNO4+3. The molecular weight excluding hydrogens is 218 g/mol. The van der Waals surface area contributed by atoms with Crippen molar-refractivity contribution in [1.29, 1.82) is 0 Å². The quantitative estimate of drug-likeness (QED) is 0.372. The summed E-state index contributed by atoms with van der Waals surface area (Å²) in [4.78, 5) is 11.2. The number of nitrogens with zero attached hydrogens (tertiary/aromatic N) is 1. The fourth-order valence-electron chi connectivity index (χ4n) is 0. The zero-order valence-corrected chi connectivity index (χ0v) is 5.76. The molecule has 0 spiro atoms. The normalized spacial score (nSPS) is 5.50. The molecule has 0 aliphatic rings. The van der Waals surface area contributed by atoms with Crippen LogP contribution in [0.1, 0.15) is 0 Å². The molecule has 0 fully saturated rings. The van der Waals surface area contributed by atoms with Crippen LogP contribution in [0, 0.1) is 51.9 Å². The Hall–Kier alpha value is 0.537. The van der Waals surface area contributed by atoms with Gasteiger partial charge in [-0.15, -0.1) is 15.1 Å². The van der Waals surface area contributed by atoms with Crippen LogP contribution in [0.25, 0.3) is 0 Å². The van der Waals surface area contributed by atoms with Crippen LogP contribution >= 0.6 is 0 Å². The first-order chi connectivity index (χ1) is 2.27. The van der Waals surface area contributed by atoms with Crippen LogP contribution in [0.15, 0.2) is 0 Å². The number of hydrogen-bond acceptors (Lipinski definition) is 4. The van der Waals surface area contributed by atoms with Crippen molar-refractivity contribution >= 4 is 0 Å². The molecule has 1 N–H and O–H groups in total. The smallest absolute Gasteiger partial charge is 0.214 e. The van der Waals surface area contributed by atoms with E-state index in [-0.39, 0.29) is 41.7 Å². The summed E-state index contributed by atoms with van der Waals surface area (Å²) < 4.78 is 0. The molecule has 0 amide bonds. The van der Waals surface area contributed by atoms with E-state index in [2.05, 4.69) is 4.99 Å². The van der Waals surface area contributed by atoms with Gasteiger partial charge in [-0.3, -0.25) is 0 Å². The van der Waals surface area contributed by atoms with E-state index in [9.17, 15) is 0 Å². The van der Waals surface area contributed by atoms with Crippen LogP contribution < -0.4 is 0 Å². The first-order valence-corrected chi connectivity index (χ1v) is 0.730. The summed E-state index contributed by atoms with van der Waals surface area (Å²) in [6.07, 6.45) is 0. The van der Waals surface area contributed by atoms with Crippen LogP contribution in [0.4, 0.5) is 0 Å². The molecule has 0 aromatic rings. The fraction of sp³-hybridized carbons (Fsp3) is 0. The first kappa shape index (κ1) is 9.74. The third kappa shape index (κ3) is 8.82. The molecule has 0 saturated carbocycles. The Morgan fingerprint density at radius 3 is 2.00 bits per heavy atom. The summed E-state index contributed by atoms with van der Waals surface area (Å²) in [5.41, 5.74) is 0. The van der Waals surface area contributed by atoms with Crippen LogP contribution in [-0.4, -0.2) is 10.3 Å². The van der Waals surface area contributed by atoms with Crippen molar-refractivity contribution in [2.45, 2.75) is 0 Å². The van der Waals surface area contributed by atoms with Gasteiger partial charge in [-0.2, -0.15) is 0 Å². The van der Waals surface area contributed by atoms with E-state index < -0.39 is 5.09 Å². The van der Waals surface area contributed by atoms with Crippen molar-refractivity contribution in [3.63, 3.8) is 0 Å². The predicted octanol–water partition coefficient (Wildman–Crippen LogP) is -0.332. The van der Waals surface area contributed by atoms with Crippen LogP contribution in [0.3, 0.4) is 0 Å². The number of rotatable bonds is 1. The van der Waals surface area contributed by atoms with Crippen molar-refractivity contribution in [3.05, 3.63) is 10.1 Å². The molecule has 0 aliphatic carbocycles. The zero-order chi connectivity index (χ0) is 4.28. The monoisotopic (exact) mass is 219 g/mol. The first-order valence-electron chi connectivity index (χ1n) is 0.730. The standard InChI is InChI=1S/Ce.HNO4/c;2-1(3)5-4/h;4H/q+3;. The van der Waals surface area contributed by atoms with E-state index in [0.717, 1.165) is 0 Å². The topological polar surface area (TPSA) is 72.6 Å². The van der Waals surface area contributed by atoms with Gasteiger partial charge in [-0.25, -0.2) is 5.26 Å². The molecule has 0 rings (SSSR count). The van der Waals surface area contributed by atoms with Gasteiger partial charge in [0.2, 0.25) is 0 Å². The van der Waals surface area contributed by atoms with Crippen molar-refractivity contribution in [1.82, 2.24) is 0 Å². The summed E-state index contributed by atoms with van der Waals surface area (Å²) in [6, 6.07) is 0. The second kappa shape index (κ2) is 5.54. The predicted molar refractivity (Wildman–Crippen MR) is 10.7 cm³/mol. The SMILES string of the molecule is O=[N+]([O-])OO.[Ce+3]. The Bertz CT molecular complexity index is 42.8. The van der Waals surface area contributed by atoms with E-state index >= 15 is 0 Å². The van der Waals surface area contributed by atoms with Gasteiger partial charge in [0.15, 0.2) is 0 Å². The minimum absolute atomic E-state index is 0. The maximum atomic E-state index is 8.70. The fourth-order valence-corrected chi connectivity index (χ4v) is 0. The van der Waals surface area contributed by atoms with Gasteiger partial charge in [-0.05, 0) is 0 Å². The molecule has 0 heterocycles. The van der Waals surface area contributed by atoms with Gasteiger partial charge in [0.05, 0.1) is 0 Å². The number of hydrogen-bond donors (Lipinski definition) is 1. The molecule has 0 aromatic heterocycles. The summed E-state index contributed by atoms with van der Waals surface area (Å²) in [5.74, 6) is 0. The van der Waals surface area contributed by atoms with Gasteiger partial charge in [0, 0.05) is 0 Å². The molecule has 0 bridgehead atoms. The largest absolute Gasteiger partial charge is 3.00 e. The Morgan fingerprint density at radius 1 is 1.83 bits per heavy atom. The summed E-state index contributed by atoms with van der Waals surface area (Å²) in [7, 11) is 0. The van der Waals surface area contributed by atoms with E-state index in [1.165, 1.54) is 0 Å². The van der Waals surface area contributed by atoms with Crippen LogP contribution in [0.5, 0.6) is 0 Å². The second-order valence-electron chi connectivity index (χ2n) is 0.305. The maximum absolute atomic E-state index is 8.70. The third-order valence-corrected chi connectivity index (χ3v) is 0.0667. The zero-order valence-electron chi connectivity index (χ0n) is 2.62. The van der Waals surface area contributed by atoms with Gasteiger partial charge < -0.3 is 0 Å².